The van der Waals surface area contributed by atoms with Crippen LogP contribution in [0.5, 0.6) is 0 Å². The molecular formula is C40H60O18. The highest BCUT2D eigenvalue weighted by molar-refractivity contribution is 5.74. The number of hydrogen-bond acceptors (Lipinski definition) is 18. The normalized spacial score (nSPS) is 51.8. The van der Waals surface area contributed by atoms with E-state index in [1.54, 1.807) is 6.92 Å². The van der Waals surface area contributed by atoms with Gasteiger partial charge in [-0.15, -0.1) is 0 Å². The number of methoxy groups -OCH3 is 1. The number of hydrogen-bond donors (Lipinski definition) is 7. The Hall–Kier alpha value is -1.85. The third-order valence-corrected chi connectivity index (χ3v) is 14.2. The van der Waals surface area contributed by atoms with Crippen molar-refractivity contribution in [2.45, 2.75) is 170 Å². The molecule has 18 nitrogen and oxygen atoms in total. The first kappa shape index (κ1) is 42.8. The lowest BCUT2D eigenvalue weighted by Crippen LogP contribution is -2.63. The average molecular weight is 829 g/mol. The summed E-state index contributed by atoms with van der Waals surface area (Å²) in [6.45, 7) is 5.15. The molecule has 328 valence electrons. The van der Waals surface area contributed by atoms with Crippen molar-refractivity contribution in [3.63, 3.8) is 0 Å². The fourth-order valence-corrected chi connectivity index (χ4v) is 10.8. The van der Waals surface area contributed by atoms with Crippen LogP contribution in [0.3, 0.4) is 0 Å². The van der Waals surface area contributed by atoms with E-state index < -0.39 is 105 Å². The molecule has 5 saturated heterocycles. The molecule has 0 radical (unpaired) electrons. The molecule has 58 heavy (non-hydrogen) atoms. The first-order chi connectivity index (χ1) is 27.6. The number of aliphatic hydroxyl groups is 7. The van der Waals surface area contributed by atoms with Gasteiger partial charge in [0.05, 0.1) is 56.2 Å². The smallest absolute Gasteiger partial charge is 0.309 e. The standard InChI is InChI=1S/C40H60O18/c1-17-35(58-38-34(47)32(45)30(43)26(57-38)15-50-37-33(46)31(44)29(42)24(13-41)56-37)23(49-4)12-27(53-17)54-20-9-10-39(2)19(11-20)6-7-21-22(39)8-5-18-14-51-40(3)28(18)25(16-52-40)55-36(21)48/h6,14,17,20-35,37-38,41-47H,5,7-13,15-16H2,1-4H3. The van der Waals surface area contributed by atoms with Crippen LogP contribution in [0.2, 0.25) is 0 Å². The average Bonchev–Trinajstić information content (AvgIpc) is 3.72. The lowest BCUT2D eigenvalue weighted by atomic mass is 9.55. The Morgan fingerprint density at radius 1 is 0.897 bits per heavy atom. The maximum absolute atomic E-state index is 13.7. The number of esters is 1. The molecule has 21 atom stereocenters. The molecule has 0 aromatic heterocycles. The summed E-state index contributed by atoms with van der Waals surface area (Å²) in [5.74, 6) is -1.17. The first-order valence-electron chi connectivity index (χ1n) is 20.7. The molecule has 0 aromatic carbocycles. The molecule has 0 spiro atoms. The highest BCUT2D eigenvalue weighted by Gasteiger charge is 2.58. The summed E-state index contributed by atoms with van der Waals surface area (Å²) in [7, 11) is 1.52. The van der Waals surface area contributed by atoms with E-state index in [4.69, 9.17) is 47.4 Å². The third kappa shape index (κ3) is 7.68. The van der Waals surface area contributed by atoms with Crippen LogP contribution >= 0.6 is 0 Å². The zero-order valence-electron chi connectivity index (χ0n) is 33.3. The molecule has 8 rings (SSSR count). The van der Waals surface area contributed by atoms with Crippen LogP contribution in [0.15, 0.2) is 23.5 Å². The minimum Gasteiger partial charge on any atom is -0.469 e. The topological polar surface area (TPSA) is 251 Å². The molecule has 0 bridgehead atoms. The first-order valence-corrected chi connectivity index (χ1v) is 20.7. The van der Waals surface area contributed by atoms with Gasteiger partial charge >= 0.3 is 5.97 Å². The molecule has 0 amide bonds. The molecule has 6 aliphatic heterocycles. The van der Waals surface area contributed by atoms with Crippen molar-refractivity contribution < 1.29 is 87.9 Å². The molecule has 0 aromatic rings. The van der Waals surface area contributed by atoms with Gasteiger partial charge in [-0.3, -0.25) is 4.79 Å². The second-order valence-corrected chi connectivity index (χ2v) is 17.7. The van der Waals surface area contributed by atoms with E-state index in [-0.39, 0.29) is 47.8 Å². The van der Waals surface area contributed by atoms with Gasteiger partial charge in [0.2, 0.25) is 5.79 Å². The number of carbonyl (C=O) groups excluding carboxylic acids is 1. The largest absolute Gasteiger partial charge is 0.469 e. The molecule has 2 aliphatic carbocycles. The molecule has 7 N–H and O–H groups in total. The van der Waals surface area contributed by atoms with Gasteiger partial charge in [-0.25, -0.2) is 0 Å². The quantitative estimate of drug-likeness (QED) is 0.112. The second-order valence-electron chi connectivity index (χ2n) is 17.7. The zero-order chi connectivity index (χ0) is 41.3. The maximum atomic E-state index is 13.7. The Morgan fingerprint density at radius 2 is 1.62 bits per heavy atom. The second kappa shape index (κ2) is 16.8. The molecular weight excluding hydrogens is 768 g/mol. The van der Waals surface area contributed by atoms with Crippen LogP contribution in [-0.2, 0) is 52.2 Å². The summed E-state index contributed by atoms with van der Waals surface area (Å²) in [6.07, 6.45) is -9.71. The lowest BCUT2D eigenvalue weighted by Gasteiger charge is -2.51. The van der Waals surface area contributed by atoms with Gasteiger partial charge in [0.1, 0.15) is 61.0 Å². The van der Waals surface area contributed by atoms with Crippen LogP contribution in [0.1, 0.15) is 65.7 Å². The SMILES string of the molecule is COC1CC(OC2CCC3(C)C(=CCC4C(=O)OC5COC6(C)OC=C(CCC43)C56)C2)OC(C)C1OC1OC(COC2OC(CO)C(O)C(O)C2O)C(O)C(O)C1O. The summed E-state index contributed by atoms with van der Waals surface area (Å²) in [6, 6.07) is 0. The van der Waals surface area contributed by atoms with Crippen molar-refractivity contribution in [3.8, 4) is 0 Å². The number of ether oxygens (including phenoxy) is 10. The highest BCUT2D eigenvalue weighted by Crippen LogP contribution is 2.57. The predicted octanol–water partition coefficient (Wildman–Crippen LogP) is -0.734. The predicted molar refractivity (Wildman–Crippen MR) is 194 cm³/mol. The van der Waals surface area contributed by atoms with Crippen LogP contribution in [0.25, 0.3) is 0 Å². The Kier molecular flexibility index (Phi) is 12.4. The fraction of sp³-hybridized carbons (Fsp3) is 0.875. The van der Waals surface area contributed by atoms with E-state index in [0.29, 0.717) is 19.4 Å². The van der Waals surface area contributed by atoms with Crippen molar-refractivity contribution in [3.05, 3.63) is 23.5 Å². The van der Waals surface area contributed by atoms with Crippen LogP contribution in [0, 0.1) is 23.2 Å². The number of rotatable bonds is 9. The van der Waals surface area contributed by atoms with E-state index in [1.807, 2.05) is 13.2 Å². The van der Waals surface area contributed by atoms with Crippen molar-refractivity contribution in [1.82, 2.24) is 0 Å². The van der Waals surface area contributed by atoms with Crippen molar-refractivity contribution >= 4 is 5.97 Å². The van der Waals surface area contributed by atoms with Gasteiger partial charge in [-0.1, -0.05) is 18.6 Å². The Morgan fingerprint density at radius 3 is 2.36 bits per heavy atom. The molecule has 6 fully saturated rings. The Balaban J connectivity index is 0.872. The van der Waals surface area contributed by atoms with Gasteiger partial charge in [0.15, 0.2) is 18.9 Å². The van der Waals surface area contributed by atoms with Crippen molar-refractivity contribution in [1.29, 1.82) is 0 Å². The molecule has 8 aliphatic rings. The highest BCUT2D eigenvalue weighted by atomic mass is 16.8. The summed E-state index contributed by atoms with van der Waals surface area (Å²) in [4.78, 5) is 13.7. The van der Waals surface area contributed by atoms with E-state index >= 15 is 0 Å². The minimum absolute atomic E-state index is 0.0933. The summed E-state index contributed by atoms with van der Waals surface area (Å²) < 4.78 is 59.8. The Bertz CT molecular complexity index is 1540. The van der Waals surface area contributed by atoms with Crippen molar-refractivity contribution in [2.75, 3.05) is 26.9 Å². The number of allylic oxidation sites excluding steroid dienone is 1. The minimum atomic E-state index is -1.71. The van der Waals surface area contributed by atoms with Crippen LogP contribution in [-0.4, -0.2) is 173 Å². The molecule has 21 unspecified atom stereocenters. The van der Waals surface area contributed by atoms with Gasteiger partial charge in [0.25, 0.3) is 0 Å². The van der Waals surface area contributed by atoms with Gasteiger partial charge < -0.3 is 83.1 Å². The van der Waals surface area contributed by atoms with Gasteiger partial charge in [-0.2, -0.15) is 0 Å². The van der Waals surface area contributed by atoms with Crippen LogP contribution < -0.4 is 0 Å². The van der Waals surface area contributed by atoms with E-state index in [1.165, 1.54) is 12.7 Å². The number of carbonyl (C=O) groups is 1. The maximum Gasteiger partial charge on any atom is 0.309 e. The Labute approximate surface area is 336 Å². The monoisotopic (exact) mass is 828 g/mol. The van der Waals surface area contributed by atoms with E-state index in [0.717, 1.165) is 31.3 Å². The van der Waals surface area contributed by atoms with Crippen LogP contribution in [0.4, 0.5) is 0 Å². The summed E-state index contributed by atoms with van der Waals surface area (Å²) in [5, 5.41) is 72.3. The van der Waals surface area contributed by atoms with E-state index in [9.17, 15) is 40.5 Å². The zero-order valence-corrected chi connectivity index (χ0v) is 33.3. The fourth-order valence-electron chi connectivity index (χ4n) is 10.8. The molecule has 18 heteroatoms. The summed E-state index contributed by atoms with van der Waals surface area (Å²) >= 11 is 0. The molecule has 1 saturated carbocycles. The van der Waals surface area contributed by atoms with E-state index in [2.05, 4.69) is 13.0 Å². The number of fused-ring (bicyclic) bond motifs is 3. The summed E-state index contributed by atoms with van der Waals surface area (Å²) in [5.41, 5.74) is 2.23. The third-order valence-electron chi connectivity index (χ3n) is 14.2. The van der Waals surface area contributed by atoms with Crippen molar-refractivity contribution in [2.24, 2.45) is 23.2 Å². The lowest BCUT2D eigenvalue weighted by molar-refractivity contribution is -0.354. The molecule has 6 heterocycles. The van der Waals surface area contributed by atoms with Gasteiger partial charge in [0, 0.05) is 20.5 Å². The number of aliphatic hydroxyl groups excluding tert-OH is 7. The van der Waals surface area contributed by atoms with Gasteiger partial charge in [-0.05, 0) is 62.4 Å².